The van der Waals surface area contributed by atoms with E-state index in [0.717, 1.165) is 11.3 Å². The van der Waals surface area contributed by atoms with Gasteiger partial charge in [0.05, 0.1) is 11.9 Å². The Labute approximate surface area is 80.7 Å². The van der Waals surface area contributed by atoms with Crippen LogP contribution < -0.4 is 0 Å². The van der Waals surface area contributed by atoms with Crippen molar-refractivity contribution in [3.05, 3.63) is 36.3 Å². The Kier molecular flexibility index (Phi) is 2.27. The fourth-order valence-electron chi connectivity index (χ4n) is 1.13. The van der Waals surface area contributed by atoms with E-state index in [2.05, 4.69) is 10.1 Å². The minimum absolute atomic E-state index is 0.500. The van der Waals surface area contributed by atoms with Crippen molar-refractivity contribution in [2.45, 2.75) is 0 Å². The van der Waals surface area contributed by atoms with E-state index in [4.69, 9.17) is 11.6 Å². The summed E-state index contributed by atoms with van der Waals surface area (Å²) in [6.07, 6.45) is 7.26. The van der Waals surface area contributed by atoms with E-state index in [0.29, 0.717) is 5.88 Å². The van der Waals surface area contributed by atoms with E-state index in [1.807, 2.05) is 24.3 Å². The zero-order valence-corrected chi connectivity index (χ0v) is 7.65. The molecule has 0 N–H and O–H groups in total. The van der Waals surface area contributed by atoms with Crippen molar-refractivity contribution < 1.29 is 0 Å². The molecule has 2 heterocycles. The van der Waals surface area contributed by atoms with E-state index in [1.165, 1.54) is 0 Å². The number of nitrogens with zero attached hydrogens (tertiary/aromatic N) is 3. The molecular formula is C9H8ClN3. The van der Waals surface area contributed by atoms with E-state index in [9.17, 15) is 0 Å². The Hall–Kier alpha value is -1.35. The first kappa shape index (κ1) is 8.26. The summed E-state index contributed by atoms with van der Waals surface area (Å²) < 4.78 is 1.77. The summed E-state index contributed by atoms with van der Waals surface area (Å²) in [4.78, 5) is 4.18. The lowest BCUT2D eigenvalue weighted by molar-refractivity contribution is 0.926. The molecular weight excluding hydrogens is 186 g/mol. The molecule has 0 spiro atoms. The second kappa shape index (κ2) is 3.58. The highest BCUT2D eigenvalue weighted by Gasteiger charge is 1.97. The van der Waals surface area contributed by atoms with Crippen molar-refractivity contribution in [1.82, 2.24) is 14.6 Å². The summed E-state index contributed by atoms with van der Waals surface area (Å²) >= 11 is 5.53. The molecule has 0 amide bonds. The lowest BCUT2D eigenvalue weighted by atomic mass is 10.4. The molecule has 2 aromatic rings. The van der Waals surface area contributed by atoms with Crippen molar-refractivity contribution >= 4 is 23.3 Å². The lowest BCUT2D eigenvalue weighted by Gasteiger charge is -1.92. The fourth-order valence-corrected chi connectivity index (χ4v) is 1.22. The Morgan fingerprint density at radius 1 is 1.54 bits per heavy atom. The predicted octanol–water partition coefficient (Wildman–Crippen LogP) is 1.98. The fraction of sp³-hybridized carbons (Fsp3) is 0.111. The number of fused-ring (bicyclic) bond motifs is 1. The minimum Gasteiger partial charge on any atom is -0.235 e. The molecule has 66 valence electrons. The third kappa shape index (κ3) is 1.55. The Balaban J connectivity index is 2.52. The third-order valence-electron chi connectivity index (χ3n) is 1.68. The molecule has 0 saturated carbocycles. The predicted molar refractivity (Wildman–Crippen MR) is 52.7 cm³/mol. The van der Waals surface area contributed by atoms with Gasteiger partial charge in [0.1, 0.15) is 0 Å². The Morgan fingerprint density at radius 3 is 3.31 bits per heavy atom. The van der Waals surface area contributed by atoms with Crippen molar-refractivity contribution in [3.8, 4) is 0 Å². The topological polar surface area (TPSA) is 30.2 Å². The van der Waals surface area contributed by atoms with Gasteiger partial charge in [-0.2, -0.15) is 5.10 Å². The van der Waals surface area contributed by atoms with Gasteiger partial charge in [-0.25, -0.2) is 9.50 Å². The molecule has 4 heteroatoms. The van der Waals surface area contributed by atoms with Gasteiger partial charge in [-0.3, -0.25) is 0 Å². The highest BCUT2D eigenvalue weighted by Crippen LogP contribution is 2.05. The first-order valence-electron chi connectivity index (χ1n) is 3.93. The van der Waals surface area contributed by atoms with E-state index < -0.39 is 0 Å². The van der Waals surface area contributed by atoms with Crippen molar-refractivity contribution in [3.63, 3.8) is 0 Å². The number of halogens is 1. The van der Waals surface area contributed by atoms with Gasteiger partial charge in [0.15, 0.2) is 5.65 Å². The number of hydrogen-bond donors (Lipinski definition) is 0. The molecule has 0 aliphatic carbocycles. The quantitative estimate of drug-likeness (QED) is 0.683. The molecule has 0 unspecified atom stereocenters. The first-order valence-corrected chi connectivity index (χ1v) is 4.46. The lowest BCUT2D eigenvalue weighted by Crippen LogP contribution is -1.91. The van der Waals surface area contributed by atoms with Gasteiger partial charge in [-0.05, 0) is 18.2 Å². The van der Waals surface area contributed by atoms with Crippen LogP contribution in [0.1, 0.15) is 5.69 Å². The summed E-state index contributed by atoms with van der Waals surface area (Å²) in [7, 11) is 0. The van der Waals surface area contributed by atoms with Gasteiger partial charge < -0.3 is 0 Å². The molecule has 0 atom stereocenters. The number of hydrogen-bond acceptors (Lipinski definition) is 2. The van der Waals surface area contributed by atoms with E-state index in [-0.39, 0.29) is 0 Å². The van der Waals surface area contributed by atoms with Crippen LogP contribution in [-0.2, 0) is 0 Å². The molecule has 0 fully saturated rings. The number of aromatic nitrogens is 3. The minimum atomic E-state index is 0.500. The maximum Gasteiger partial charge on any atom is 0.154 e. The van der Waals surface area contributed by atoms with Crippen LogP contribution in [0.5, 0.6) is 0 Å². The average Bonchev–Trinajstić information content (AvgIpc) is 2.58. The molecule has 2 rings (SSSR count). The highest BCUT2D eigenvalue weighted by atomic mass is 35.5. The molecule has 0 aliphatic heterocycles. The van der Waals surface area contributed by atoms with Gasteiger partial charge >= 0.3 is 0 Å². The van der Waals surface area contributed by atoms with Crippen LogP contribution in [0.3, 0.4) is 0 Å². The summed E-state index contributed by atoms with van der Waals surface area (Å²) in [5, 5.41) is 4.15. The van der Waals surface area contributed by atoms with Gasteiger partial charge in [0, 0.05) is 12.1 Å². The summed E-state index contributed by atoms with van der Waals surface area (Å²) in [5.74, 6) is 0.500. The van der Waals surface area contributed by atoms with Gasteiger partial charge in [0.25, 0.3) is 0 Å². The van der Waals surface area contributed by atoms with Crippen LogP contribution in [0, 0.1) is 0 Å². The first-order chi connectivity index (χ1) is 6.42. The van der Waals surface area contributed by atoms with Crippen molar-refractivity contribution in [2.75, 3.05) is 5.88 Å². The standard InChI is InChI=1S/C9H8ClN3/c10-5-1-3-8-7-11-9-4-2-6-12-13(8)9/h1-4,6-7H,5H2. The average molecular weight is 194 g/mol. The zero-order chi connectivity index (χ0) is 9.10. The van der Waals surface area contributed by atoms with E-state index in [1.54, 1.807) is 16.9 Å². The largest absolute Gasteiger partial charge is 0.235 e. The van der Waals surface area contributed by atoms with Crippen LogP contribution in [0.4, 0.5) is 0 Å². The zero-order valence-electron chi connectivity index (χ0n) is 6.89. The number of allylic oxidation sites excluding steroid dienone is 1. The smallest absolute Gasteiger partial charge is 0.154 e. The molecule has 2 aromatic heterocycles. The second-order valence-corrected chi connectivity index (χ2v) is 2.84. The van der Waals surface area contributed by atoms with Gasteiger partial charge in [-0.1, -0.05) is 6.08 Å². The molecule has 13 heavy (non-hydrogen) atoms. The summed E-state index contributed by atoms with van der Waals surface area (Å²) in [5.41, 5.74) is 1.79. The van der Waals surface area contributed by atoms with Crippen molar-refractivity contribution in [2.24, 2.45) is 0 Å². The molecule has 0 saturated heterocycles. The van der Waals surface area contributed by atoms with Crippen LogP contribution in [-0.4, -0.2) is 20.5 Å². The normalized spacial score (nSPS) is 11.5. The monoisotopic (exact) mass is 193 g/mol. The van der Waals surface area contributed by atoms with Gasteiger partial charge in [0.2, 0.25) is 0 Å². The van der Waals surface area contributed by atoms with Crippen molar-refractivity contribution in [1.29, 1.82) is 0 Å². The van der Waals surface area contributed by atoms with Crippen LogP contribution in [0.2, 0.25) is 0 Å². The SMILES string of the molecule is ClCC=Cc1cnc2cccnn12. The second-order valence-electron chi connectivity index (χ2n) is 2.53. The Bertz CT molecular complexity index is 433. The molecule has 0 aromatic carbocycles. The maximum atomic E-state index is 5.53. The van der Waals surface area contributed by atoms with Gasteiger partial charge in [-0.15, -0.1) is 11.6 Å². The van der Waals surface area contributed by atoms with Crippen LogP contribution in [0.15, 0.2) is 30.6 Å². The molecule has 0 bridgehead atoms. The number of rotatable bonds is 2. The molecule has 0 aliphatic rings. The van der Waals surface area contributed by atoms with Crippen LogP contribution >= 0.6 is 11.6 Å². The number of alkyl halides is 1. The number of imidazole rings is 1. The highest BCUT2D eigenvalue weighted by molar-refractivity contribution is 6.19. The summed E-state index contributed by atoms with van der Waals surface area (Å²) in [6.45, 7) is 0. The maximum absolute atomic E-state index is 5.53. The van der Waals surface area contributed by atoms with Crippen LogP contribution in [0.25, 0.3) is 11.7 Å². The summed E-state index contributed by atoms with van der Waals surface area (Å²) in [6, 6.07) is 3.77. The van der Waals surface area contributed by atoms with E-state index >= 15 is 0 Å². The molecule has 0 radical (unpaired) electrons. The third-order valence-corrected chi connectivity index (χ3v) is 1.86. The Morgan fingerprint density at radius 2 is 2.46 bits per heavy atom. The molecule has 3 nitrogen and oxygen atoms in total.